The van der Waals surface area contributed by atoms with Gasteiger partial charge in [0, 0.05) is 24.4 Å². The zero-order valence-electron chi connectivity index (χ0n) is 9.99. The summed E-state index contributed by atoms with van der Waals surface area (Å²) in [4.78, 5) is 13.4. The number of nitrogens with one attached hydrogen (secondary N) is 1. The van der Waals surface area contributed by atoms with Gasteiger partial charge in [-0.3, -0.25) is 0 Å². The number of nitrogens with zero attached hydrogens (tertiary/aromatic N) is 1. The average molecular weight is 234 g/mol. The van der Waals surface area contributed by atoms with Crippen LogP contribution in [0.5, 0.6) is 0 Å². The molecule has 0 aromatic rings. The van der Waals surface area contributed by atoms with Gasteiger partial charge in [0.25, 0.3) is 0 Å². The lowest BCUT2D eigenvalue weighted by atomic mass is 10.2. The van der Waals surface area contributed by atoms with Crippen LogP contribution >= 0.6 is 11.8 Å². The van der Waals surface area contributed by atoms with E-state index < -0.39 is 0 Å². The summed E-state index contributed by atoms with van der Waals surface area (Å²) in [6.45, 7) is 7.31. The summed E-state index contributed by atoms with van der Waals surface area (Å²) in [5.41, 5.74) is 0. The summed E-state index contributed by atoms with van der Waals surface area (Å²) >= 11 is 1.56. The molecule has 0 bridgehead atoms. The first-order chi connectivity index (χ1) is 7.10. The Morgan fingerprint density at radius 1 is 1.47 bits per heavy atom. The Kier molecular flexibility index (Phi) is 7.60. The van der Waals surface area contributed by atoms with Crippen molar-refractivity contribution in [2.24, 2.45) is 0 Å². The Balaban J connectivity index is 4.15. The van der Waals surface area contributed by atoms with Crippen LogP contribution in [0, 0.1) is 0 Å². The van der Waals surface area contributed by atoms with Crippen LogP contribution in [-0.2, 0) is 0 Å². The summed E-state index contributed by atoms with van der Waals surface area (Å²) in [6, 6.07) is -0.0712. The lowest BCUT2D eigenvalue weighted by molar-refractivity contribution is 0.196. The molecule has 2 amide bonds. The maximum atomic E-state index is 11.7. The topological polar surface area (TPSA) is 52.6 Å². The minimum atomic E-state index is -0.0556. The summed E-state index contributed by atoms with van der Waals surface area (Å²) < 4.78 is 0. The molecule has 0 heterocycles. The van der Waals surface area contributed by atoms with E-state index in [4.69, 9.17) is 5.11 Å². The van der Waals surface area contributed by atoms with Crippen molar-refractivity contribution in [3.8, 4) is 0 Å². The van der Waals surface area contributed by atoms with Crippen LogP contribution in [0.3, 0.4) is 0 Å². The molecule has 0 saturated carbocycles. The normalized spacial score (nSPS) is 14.5. The van der Waals surface area contributed by atoms with Crippen molar-refractivity contribution in [3.05, 3.63) is 0 Å². The van der Waals surface area contributed by atoms with Gasteiger partial charge >= 0.3 is 6.03 Å². The Morgan fingerprint density at radius 3 is 2.33 bits per heavy atom. The number of carbonyl (C=O) groups excluding carboxylic acids is 1. The third kappa shape index (κ3) is 4.75. The van der Waals surface area contributed by atoms with Gasteiger partial charge in [-0.05, 0) is 27.0 Å². The molecule has 0 spiro atoms. The van der Waals surface area contributed by atoms with E-state index in [1.807, 2.05) is 27.0 Å². The molecule has 2 unspecified atom stereocenters. The molecule has 0 saturated heterocycles. The molecule has 2 atom stereocenters. The van der Waals surface area contributed by atoms with Gasteiger partial charge in [-0.2, -0.15) is 11.8 Å². The first-order valence-electron chi connectivity index (χ1n) is 5.29. The maximum absolute atomic E-state index is 11.7. The molecular formula is C10H22N2O2S. The molecule has 2 N–H and O–H groups in total. The van der Waals surface area contributed by atoms with Crippen molar-refractivity contribution in [1.82, 2.24) is 10.2 Å². The third-order valence-electron chi connectivity index (χ3n) is 2.44. The van der Waals surface area contributed by atoms with E-state index in [-0.39, 0.29) is 23.9 Å². The molecule has 0 aromatic heterocycles. The highest BCUT2D eigenvalue weighted by atomic mass is 32.2. The lowest BCUT2D eigenvalue weighted by Crippen LogP contribution is -2.47. The largest absolute Gasteiger partial charge is 0.395 e. The van der Waals surface area contributed by atoms with Gasteiger partial charge < -0.3 is 15.3 Å². The smallest absolute Gasteiger partial charge is 0.317 e. The number of rotatable bonds is 6. The Morgan fingerprint density at radius 2 is 2.00 bits per heavy atom. The van der Waals surface area contributed by atoms with E-state index in [9.17, 15) is 4.79 Å². The minimum Gasteiger partial charge on any atom is -0.395 e. The number of hydrogen-bond acceptors (Lipinski definition) is 3. The standard InChI is InChI=1S/C10H22N2O2S/c1-5-12(6-2)10(14)11-8(3)9(7-13)15-4/h8-9,13H,5-7H2,1-4H3,(H,11,14). The number of aliphatic hydroxyl groups excluding tert-OH is 1. The van der Waals surface area contributed by atoms with Gasteiger partial charge in [-0.25, -0.2) is 4.79 Å². The average Bonchev–Trinajstić information content (AvgIpc) is 2.21. The summed E-state index contributed by atoms with van der Waals surface area (Å²) in [5, 5.41) is 12.0. The van der Waals surface area contributed by atoms with Gasteiger partial charge in [0.15, 0.2) is 0 Å². The fourth-order valence-electron chi connectivity index (χ4n) is 1.33. The highest BCUT2D eigenvalue weighted by Crippen LogP contribution is 2.10. The first-order valence-corrected chi connectivity index (χ1v) is 6.58. The molecule has 0 rings (SSSR count). The van der Waals surface area contributed by atoms with Gasteiger partial charge in [-0.15, -0.1) is 0 Å². The number of thioether (sulfide) groups is 1. The molecule has 0 fully saturated rings. The third-order valence-corrected chi connectivity index (χ3v) is 3.60. The van der Waals surface area contributed by atoms with E-state index in [0.29, 0.717) is 13.1 Å². The van der Waals surface area contributed by atoms with Crippen LogP contribution in [0.1, 0.15) is 20.8 Å². The second kappa shape index (κ2) is 7.82. The molecule has 0 aliphatic heterocycles. The van der Waals surface area contributed by atoms with Crippen LogP contribution < -0.4 is 5.32 Å². The number of carbonyl (C=O) groups is 1. The molecule has 4 nitrogen and oxygen atoms in total. The van der Waals surface area contributed by atoms with Gasteiger partial charge in [0.1, 0.15) is 0 Å². The zero-order chi connectivity index (χ0) is 11.8. The lowest BCUT2D eigenvalue weighted by Gasteiger charge is -2.26. The monoisotopic (exact) mass is 234 g/mol. The number of urea groups is 1. The second-order valence-corrected chi connectivity index (χ2v) is 4.44. The fraction of sp³-hybridized carbons (Fsp3) is 0.900. The quantitative estimate of drug-likeness (QED) is 0.725. The maximum Gasteiger partial charge on any atom is 0.317 e. The van der Waals surface area contributed by atoms with Crippen molar-refractivity contribution in [2.75, 3.05) is 26.0 Å². The first kappa shape index (κ1) is 14.6. The predicted molar refractivity (Wildman–Crippen MR) is 65.3 cm³/mol. The van der Waals surface area contributed by atoms with Crippen molar-refractivity contribution in [2.45, 2.75) is 32.1 Å². The van der Waals surface area contributed by atoms with E-state index >= 15 is 0 Å². The Hall–Kier alpha value is -0.420. The minimum absolute atomic E-state index is 0.0156. The van der Waals surface area contributed by atoms with Crippen molar-refractivity contribution in [1.29, 1.82) is 0 Å². The molecule has 90 valence electrons. The van der Waals surface area contributed by atoms with Crippen molar-refractivity contribution in [3.63, 3.8) is 0 Å². The highest BCUT2D eigenvalue weighted by molar-refractivity contribution is 7.99. The van der Waals surface area contributed by atoms with Crippen LogP contribution in [0.25, 0.3) is 0 Å². The van der Waals surface area contributed by atoms with Crippen LogP contribution in [0.15, 0.2) is 0 Å². The van der Waals surface area contributed by atoms with Gasteiger partial charge in [0.05, 0.1) is 6.61 Å². The van der Waals surface area contributed by atoms with E-state index in [1.165, 1.54) is 0 Å². The Labute approximate surface area is 96.4 Å². The Bertz CT molecular complexity index is 182. The summed E-state index contributed by atoms with van der Waals surface area (Å²) in [5.74, 6) is 0. The fourth-order valence-corrected chi connectivity index (χ4v) is 1.95. The van der Waals surface area contributed by atoms with Gasteiger partial charge in [-0.1, -0.05) is 0 Å². The molecule has 0 aliphatic rings. The number of aliphatic hydroxyl groups is 1. The molecule has 15 heavy (non-hydrogen) atoms. The molecule has 0 aromatic carbocycles. The van der Waals surface area contributed by atoms with Crippen LogP contribution in [0.4, 0.5) is 4.79 Å². The number of hydrogen-bond donors (Lipinski definition) is 2. The van der Waals surface area contributed by atoms with Gasteiger partial charge in [0.2, 0.25) is 0 Å². The van der Waals surface area contributed by atoms with E-state index in [2.05, 4.69) is 5.32 Å². The molecule has 5 heteroatoms. The highest BCUT2D eigenvalue weighted by Gasteiger charge is 2.19. The van der Waals surface area contributed by atoms with E-state index in [0.717, 1.165) is 0 Å². The summed E-state index contributed by atoms with van der Waals surface area (Å²) in [7, 11) is 0. The van der Waals surface area contributed by atoms with Crippen molar-refractivity contribution < 1.29 is 9.90 Å². The molecular weight excluding hydrogens is 212 g/mol. The summed E-state index contributed by atoms with van der Waals surface area (Å²) in [6.07, 6.45) is 1.93. The number of amides is 2. The second-order valence-electron chi connectivity index (χ2n) is 3.37. The molecule has 0 aliphatic carbocycles. The predicted octanol–water partition coefficient (Wildman–Crippen LogP) is 1.15. The SMILES string of the molecule is CCN(CC)C(=O)NC(C)C(CO)SC. The van der Waals surface area contributed by atoms with Crippen molar-refractivity contribution >= 4 is 17.8 Å². The zero-order valence-corrected chi connectivity index (χ0v) is 10.8. The van der Waals surface area contributed by atoms with Crippen LogP contribution in [0.2, 0.25) is 0 Å². The van der Waals surface area contributed by atoms with E-state index in [1.54, 1.807) is 16.7 Å². The van der Waals surface area contributed by atoms with Crippen LogP contribution in [-0.4, -0.2) is 53.3 Å². The molecule has 0 radical (unpaired) electrons.